The SMILES string of the molecule is O=C(CSc1nc2cc(F)c(F)cc2[nH]1)Nc1cccc(F)c1. The van der Waals surface area contributed by atoms with Gasteiger partial charge in [0.1, 0.15) is 5.82 Å². The van der Waals surface area contributed by atoms with Crippen LogP contribution in [-0.4, -0.2) is 21.6 Å². The maximum absolute atomic E-state index is 13.1. The monoisotopic (exact) mass is 337 g/mol. The van der Waals surface area contributed by atoms with Crippen molar-refractivity contribution in [3.05, 3.63) is 53.8 Å². The molecule has 0 spiro atoms. The highest BCUT2D eigenvalue weighted by atomic mass is 32.2. The first-order valence-electron chi connectivity index (χ1n) is 6.54. The Balaban J connectivity index is 1.65. The Labute approximate surface area is 133 Å². The fourth-order valence-corrected chi connectivity index (χ4v) is 2.63. The third kappa shape index (κ3) is 3.65. The van der Waals surface area contributed by atoms with Crippen molar-refractivity contribution in [1.82, 2.24) is 9.97 Å². The zero-order valence-electron chi connectivity index (χ0n) is 11.6. The van der Waals surface area contributed by atoms with Crippen molar-refractivity contribution in [2.24, 2.45) is 0 Å². The van der Waals surface area contributed by atoms with Gasteiger partial charge in [-0.1, -0.05) is 17.8 Å². The topological polar surface area (TPSA) is 57.8 Å². The van der Waals surface area contributed by atoms with E-state index in [-0.39, 0.29) is 17.2 Å². The van der Waals surface area contributed by atoms with Crippen molar-refractivity contribution in [2.75, 3.05) is 11.1 Å². The van der Waals surface area contributed by atoms with Crippen LogP contribution >= 0.6 is 11.8 Å². The summed E-state index contributed by atoms with van der Waals surface area (Å²) in [5, 5.41) is 2.90. The fraction of sp³-hybridized carbons (Fsp3) is 0.0667. The zero-order chi connectivity index (χ0) is 16.4. The number of benzene rings is 2. The van der Waals surface area contributed by atoms with Gasteiger partial charge in [0.05, 0.1) is 16.8 Å². The van der Waals surface area contributed by atoms with E-state index >= 15 is 0 Å². The summed E-state index contributed by atoms with van der Waals surface area (Å²) in [4.78, 5) is 18.7. The van der Waals surface area contributed by atoms with Crippen LogP contribution in [0, 0.1) is 17.5 Å². The van der Waals surface area contributed by atoms with Crippen molar-refractivity contribution in [1.29, 1.82) is 0 Å². The van der Waals surface area contributed by atoms with Crippen LogP contribution in [0.1, 0.15) is 0 Å². The molecule has 0 aliphatic carbocycles. The Morgan fingerprint density at radius 3 is 2.74 bits per heavy atom. The number of nitrogens with zero attached hydrogens (tertiary/aromatic N) is 1. The third-order valence-electron chi connectivity index (χ3n) is 2.95. The number of rotatable bonds is 4. The van der Waals surface area contributed by atoms with Crippen LogP contribution in [-0.2, 0) is 4.79 Å². The molecule has 3 aromatic rings. The van der Waals surface area contributed by atoms with Gasteiger partial charge >= 0.3 is 0 Å². The molecule has 0 saturated heterocycles. The molecule has 2 N–H and O–H groups in total. The van der Waals surface area contributed by atoms with Crippen molar-refractivity contribution in [3.8, 4) is 0 Å². The van der Waals surface area contributed by atoms with Gasteiger partial charge < -0.3 is 10.3 Å². The third-order valence-corrected chi connectivity index (χ3v) is 3.82. The highest BCUT2D eigenvalue weighted by Crippen LogP contribution is 2.22. The largest absolute Gasteiger partial charge is 0.333 e. The molecule has 23 heavy (non-hydrogen) atoms. The van der Waals surface area contributed by atoms with Gasteiger partial charge in [-0.25, -0.2) is 18.2 Å². The zero-order valence-corrected chi connectivity index (χ0v) is 12.4. The van der Waals surface area contributed by atoms with E-state index in [9.17, 15) is 18.0 Å². The number of hydrogen-bond acceptors (Lipinski definition) is 3. The minimum atomic E-state index is -0.982. The predicted molar refractivity (Wildman–Crippen MR) is 81.8 cm³/mol. The molecule has 0 saturated carbocycles. The van der Waals surface area contributed by atoms with E-state index in [4.69, 9.17) is 0 Å². The molecule has 1 aromatic heterocycles. The van der Waals surface area contributed by atoms with Crippen molar-refractivity contribution in [2.45, 2.75) is 5.16 Å². The number of thioether (sulfide) groups is 1. The molecule has 4 nitrogen and oxygen atoms in total. The number of halogens is 3. The molecule has 1 amide bonds. The number of carbonyl (C=O) groups excluding carboxylic acids is 1. The van der Waals surface area contributed by atoms with E-state index in [0.717, 1.165) is 23.9 Å². The summed E-state index contributed by atoms with van der Waals surface area (Å²) in [5.41, 5.74) is 0.971. The average molecular weight is 337 g/mol. The summed E-state index contributed by atoms with van der Waals surface area (Å²) >= 11 is 1.07. The Bertz CT molecular complexity index is 843. The van der Waals surface area contributed by atoms with E-state index in [1.165, 1.54) is 18.2 Å². The lowest BCUT2D eigenvalue weighted by Gasteiger charge is -2.03. The van der Waals surface area contributed by atoms with Gasteiger partial charge in [-0.3, -0.25) is 4.79 Å². The number of anilines is 1. The fourth-order valence-electron chi connectivity index (χ4n) is 1.95. The number of H-pyrrole nitrogens is 1. The Morgan fingerprint density at radius 1 is 1.17 bits per heavy atom. The van der Waals surface area contributed by atoms with Gasteiger partial charge in [-0.2, -0.15) is 0 Å². The lowest BCUT2D eigenvalue weighted by Crippen LogP contribution is -2.14. The van der Waals surface area contributed by atoms with Crippen molar-refractivity contribution < 1.29 is 18.0 Å². The van der Waals surface area contributed by atoms with E-state index in [1.54, 1.807) is 6.07 Å². The molecule has 0 aliphatic heterocycles. The first-order valence-corrected chi connectivity index (χ1v) is 7.53. The number of imidazole rings is 1. The normalized spacial score (nSPS) is 10.9. The molecule has 2 aromatic carbocycles. The minimum Gasteiger partial charge on any atom is -0.333 e. The van der Waals surface area contributed by atoms with Crippen LogP contribution < -0.4 is 5.32 Å². The Morgan fingerprint density at radius 2 is 1.96 bits per heavy atom. The van der Waals surface area contributed by atoms with Gasteiger partial charge in [0.15, 0.2) is 16.8 Å². The van der Waals surface area contributed by atoms with Gasteiger partial charge in [-0.15, -0.1) is 0 Å². The number of carbonyl (C=O) groups is 1. The molecule has 0 fully saturated rings. The maximum atomic E-state index is 13.1. The van der Waals surface area contributed by atoms with Crippen LogP contribution in [0.25, 0.3) is 11.0 Å². The number of hydrogen-bond donors (Lipinski definition) is 2. The van der Waals surface area contributed by atoms with Gasteiger partial charge in [0.25, 0.3) is 0 Å². The molecule has 8 heteroatoms. The lowest BCUT2D eigenvalue weighted by atomic mass is 10.3. The van der Waals surface area contributed by atoms with Crippen LogP contribution in [0.5, 0.6) is 0 Å². The summed E-state index contributed by atoms with van der Waals surface area (Å²) in [7, 11) is 0. The second kappa shape index (κ2) is 6.33. The summed E-state index contributed by atoms with van der Waals surface area (Å²) in [6.07, 6.45) is 0. The second-order valence-electron chi connectivity index (χ2n) is 4.67. The van der Waals surface area contributed by atoms with Gasteiger partial charge in [0.2, 0.25) is 5.91 Å². The van der Waals surface area contributed by atoms with Crippen molar-refractivity contribution in [3.63, 3.8) is 0 Å². The van der Waals surface area contributed by atoms with E-state index in [0.29, 0.717) is 16.4 Å². The Kier molecular flexibility index (Phi) is 4.24. The molecule has 1 heterocycles. The van der Waals surface area contributed by atoms with Crippen LogP contribution in [0.15, 0.2) is 41.6 Å². The Hall–Kier alpha value is -2.48. The summed E-state index contributed by atoms with van der Waals surface area (Å²) < 4.78 is 39.3. The summed E-state index contributed by atoms with van der Waals surface area (Å²) in [6, 6.07) is 7.53. The molecular weight excluding hydrogens is 327 g/mol. The van der Waals surface area contributed by atoms with Crippen molar-refractivity contribution >= 4 is 34.4 Å². The highest BCUT2D eigenvalue weighted by molar-refractivity contribution is 7.99. The smallest absolute Gasteiger partial charge is 0.234 e. The molecule has 0 atom stereocenters. The number of aromatic amines is 1. The number of aromatic nitrogens is 2. The first-order chi connectivity index (χ1) is 11.0. The summed E-state index contributed by atoms with van der Waals surface area (Å²) in [5.74, 6) is -2.73. The van der Waals surface area contributed by atoms with E-state index in [1.807, 2.05) is 0 Å². The maximum Gasteiger partial charge on any atom is 0.234 e. The molecule has 0 radical (unpaired) electrons. The second-order valence-corrected chi connectivity index (χ2v) is 5.64. The number of fused-ring (bicyclic) bond motifs is 1. The van der Waals surface area contributed by atoms with Gasteiger partial charge in [0, 0.05) is 17.8 Å². The molecule has 3 rings (SSSR count). The molecular formula is C15H10F3N3OS. The molecule has 0 bridgehead atoms. The minimum absolute atomic E-state index is 0.0152. The predicted octanol–water partition coefficient (Wildman–Crippen LogP) is 3.71. The van der Waals surface area contributed by atoms with E-state index < -0.39 is 17.5 Å². The van der Waals surface area contributed by atoms with Gasteiger partial charge in [-0.05, 0) is 18.2 Å². The first kappa shape index (κ1) is 15.4. The highest BCUT2D eigenvalue weighted by Gasteiger charge is 2.11. The average Bonchev–Trinajstić information content (AvgIpc) is 2.87. The summed E-state index contributed by atoms with van der Waals surface area (Å²) in [6.45, 7) is 0. The quantitative estimate of drug-likeness (QED) is 0.714. The molecule has 0 aliphatic rings. The molecule has 118 valence electrons. The van der Waals surface area contributed by atoms with Crippen LogP contribution in [0.3, 0.4) is 0 Å². The number of amides is 1. The number of nitrogens with one attached hydrogen (secondary N) is 2. The van der Waals surface area contributed by atoms with Crippen LogP contribution in [0.2, 0.25) is 0 Å². The molecule has 0 unspecified atom stereocenters. The van der Waals surface area contributed by atoms with E-state index in [2.05, 4.69) is 15.3 Å². The standard InChI is InChI=1S/C15H10F3N3OS/c16-8-2-1-3-9(4-8)19-14(22)7-23-15-20-12-5-10(17)11(18)6-13(12)21-15/h1-6H,7H2,(H,19,22)(H,20,21). The van der Waals surface area contributed by atoms with Crippen LogP contribution in [0.4, 0.5) is 18.9 Å². The lowest BCUT2D eigenvalue weighted by molar-refractivity contribution is -0.113.